The number of imide groups is 1. The average Bonchev–Trinajstić information content (AvgIpc) is 2.92. The Kier molecular flexibility index (Phi) is 4.07. The number of thiophene rings is 1. The second-order valence-corrected chi connectivity index (χ2v) is 6.44. The van der Waals surface area contributed by atoms with Gasteiger partial charge in [-0.1, -0.05) is 11.8 Å². The molecule has 3 heterocycles. The summed E-state index contributed by atoms with van der Waals surface area (Å²) in [6, 6.07) is 1.97. The quantitative estimate of drug-likeness (QED) is 0.933. The molecular formula is C13H14N4O2S2. The predicted octanol–water partition coefficient (Wildman–Crippen LogP) is 2.71. The van der Waals surface area contributed by atoms with Crippen LogP contribution in [0.4, 0.5) is 10.6 Å². The maximum Gasteiger partial charge on any atom is 0.288 e. The molecule has 0 bridgehead atoms. The monoisotopic (exact) mass is 322 g/mol. The number of amides is 2. The molecule has 110 valence electrons. The number of rotatable bonds is 4. The third kappa shape index (κ3) is 2.86. The summed E-state index contributed by atoms with van der Waals surface area (Å²) in [5, 5.41) is 5.91. The molecule has 1 aliphatic heterocycles. The Hall–Kier alpha value is -1.67. The van der Waals surface area contributed by atoms with Crippen LogP contribution in [0.3, 0.4) is 0 Å². The van der Waals surface area contributed by atoms with E-state index in [0.717, 1.165) is 22.6 Å². The van der Waals surface area contributed by atoms with Gasteiger partial charge in [0.2, 0.25) is 5.91 Å². The van der Waals surface area contributed by atoms with Gasteiger partial charge in [-0.25, -0.2) is 9.97 Å². The van der Waals surface area contributed by atoms with Crippen LogP contribution in [0.1, 0.15) is 19.2 Å². The van der Waals surface area contributed by atoms with Crippen LogP contribution >= 0.6 is 23.1 Å². The molecule has 6 nitrogen and oxygen atoms in total. The molecule has 0 radical (unpaired) electrons. The lowest BCUT2D eigenvalue weighted by Crippen LogP contribution is -2.38. The predicted molar refractivity (Wildman–Crippen MR) is 84.6 cm³/mol. The first-order chi connectivity index (χ1) is 10.2. The topological polar surface area (TPSA) is 75.2 Å². The van der Waals surface area contributed by atoms with Crippen molar-refractivity contribution in [2.75, 3.05) is 17.6 Å². The molecule has 1 fully saturated rings. The minimum absolute atomic E-state index is 0.136. The lowest BCUT2D eigenvalue weighted by molar-refractivity contribution is -0.128. The van der Waals surface area contributed by atoms with E-state index >= 15 is 0 Å². The van der Waals surface area contributed by atoms with E-state index in [1.165, 1.54) is 28.0 Å². The van der Waals surface area contributed by atoms with Gasteiger partial charge in [-0.2, -0.15) is 0 Å². The van der Waals surface area contributed by atoms with Crippen LogP contribution in [-0.2, 0) is 11.3 Å². The number of thioether (sulfide) groups is 1. The number of carbonyl (C=O) groups excluding carboxylic acids is 2. The molecule has 1 N–H and O–H groups in total. The molecule has 0 spiro atoms. The molecule has 8 heteroatoms. The van der Waals surface area contributed by atoms with E-state index in [4.69, 9.17) is 0 Å². The summed E-state index contributed by atoms with van der Waals surface area (Å²) in [4.78, 5) is 34.7. The highest BCUT2D eigenvalue weighted by Gasteiger charge is 2.27. The summed E-state index contributed by atoms with van der Waals surface area (Å²) in [5.41, 5.74) is 0. The molecule has 0 atom stereocenters. The summed E-state index contributed by atoms with van der Waals surface area (Å²) < 4.78 is 0. The molecule has 3 rings (SSSR count). The highest BCUT2D eigenvalue weighted by atomic mass is 32.2. The zero-order valence-electron chi connectivity index (χ0n) is 11.5. The fourth-order valence-electron chi connectivity index (χ4n) is 2.11. The van der Waals surface area contributed by atoms with E-state index < -0.39 is 0 Å². The average molecular weight is 322 g/mol. The van der Waals surface area contributed by atoms with Gasteiger partial charge in [0, 0.05) is 18.7 Å². The van der Waals surface area contributed by atoms with Crippen LogP contribution in [0.15, 0.2) is 11.4 Å². The highest BCUT2D eigenvalue weighted by molar-refractivity contribution is 8.13. The Morgan fingerprint density at radius 2 is 2.24 bits per heavy atom. The van der Waals surface area contributed by atoms with Crippen molar-refractivity contribution in [1.29, 1.82) is 0 Å². The van der Waals surface area contributed by atoms with E-state index in [9.17, 15) is 9.59 Å². The minimum Gasteiger partial charge on any atom is -0.370 e. The molecule has 0 saturated carbocycles. The number of hydrogen-bond acceptors (Lipinski definition) is 7. The third-order valence-electron chi connectivity index (χ3n) is 3.08. The molecule has 21 heavy (non-hydrogen) atoms. The van der Waals surface area contributed by atoms with E-state index in [-0.39, 0.29) is 17.7 Å². The van der Waals surface area contributed by atoms with Gasteiger partial charge >= 0.3 is 0 Å². The zero-order chi connectivity index (χ0) is 14.8. The van der Waals surface area contributed by atoms with Crippen LogP contribution in [0.5, 0.6) is 0 Å². The SMILES string of the molecule is CCNc1nc(CN2C(=O)CCSC2=O)nc2sccc12. The molecule has 2 aromatic heterocycles. The Bertz CT molecular complexity index is 685. The molecule has 1 saturated heterocycles. The summed E-state index contributed by atoms with van der Waals surface area (Å²) in [7, 11) is 0. The van der Waals surface area contributed by atoms with Crippen LogP contribution in [0, 0.1) is 0 Å². The Morgan fingerprint density at radius 1 is 1.38 bits per heavy atom. The van der Waals surface area contributed by atoms with E-state index in [1.807, 2.05) is 18.4 Å². The molecular weight excluding hydrogens is 308 g/mol. The van der Waals surface area contributed by atoms with Crippen molar-refractivity contribution in [3.8, 4) is 0 Å². The van der Waals surface area contributed by atoms with Gasteiger partial charge in [-0.05, 0) is 18.4 Å². The van der Waals surface area contributed by atoms with E-state index in [2.05, 4.69) is 15.3 Å². The van der Waals surface area contributed by atoms with Gasteiger partial charge in [0.25, 0.3) is 5.24 Å². The van der Waals surface area contributed by atoms with Gasteiger partial charge in [-0.15, -0.1) is 11.3 Å². The summed E-state index contributed by atoms with van der Waals surface area (Å²) in [5.74, 6) is 1.65. The van der Waals surface area contributed by atoms with Crippen molar-refractivity contribution in [1.82, 2.24) is 14.9 Å². The second-order valence-electron chi connectivity index (χ2n) is 4.50. The van der Waals surface area contributed by atoms with Crippen molar-refractivity contribution >= 4 is 50.3 Å². The number of nitrogens with zero attached hydrogens (tertiary/aromatic N) is 3. The molecule has 2 aromatic rings. The van der Waals surface area contributed by atoms with Crippen molar-refractivity contribution in [2.45, 2.75) is 19.9 Å². The first kappa shape index (κ1) is 14.3. The lowest BCUT2D eigenvalue weighted by atomic mass is 10.3. The zero-order valence-corrected chi connectivity index (χ0v) is 13.1. The van der Waals surface area contributed by atoms with Gasteiger partial charge < -0.3 is 5.32 Å². The van der Waals surface area contributed by atoms with Gasteiger partial charge in [0.15, 0.2) is 5.82 Å². The Balaban J connectivity index is 1.92. The molecule has 0 aliphatic carbocycles. The molecule has 1 aliphatic rings. The number of carbonyl (C=O) groups is 2. The number of fused-ring (bicyclic) bond motifs is 1. The molecule has 0 aromatic carbocycles. The van der Waals surface area contributed by atoms with Crippen molar-refractivity contribution < 1.29 is 9.59 Å². The fourth-order valence-corrected chi connectivity index (χ4v) is 3.66. The van der Waals surface area contributed by atoms with Crippen molar-refractivity contribution in [3.63, 3.8) is 0 Å². The van der Waals surface area contributed by atoms with Crippen LogP contribution in [0.2, 0.25) is 0 Å². The van der Waals surface area contributed by atoms with Crippen molar-refractivity contribution in [3.05, 3.63) is 17.3 Å². The lowest BCUT2D eigenvalue weighted by Gasteiger charge is -2.23. The van der Waals surface area contributed by atoms with Gasteiger partial charge in [-0.3, -0.25) is 14.5 Å². The Labute approximate surface area is 129 Å². The largest absolute Gasteiger partial charge is 0.370 e. The number of aromatic nitrogens is 2. The molecule has 2 amide bonds. The number of anilines is 1. The summed E-state index contributed by atoms with van der Waals surface area (Å²) in [6.07, 6.45) is 0.387. The smallest absolute Gasteiger partial charge is 0.288 e. The van der Waals surface area contributed by atoms with E-state index in [1.54, 1.807) is 0 Å². The highest BCUT2D eigenvalue weighted by Crippen LogP contribution is 2.26. The minimum atomic E-state index is -0.217. The second kappa shape index (κ2) is 5.98. The standard InChI is InChI=1S/C13H14N4O2S2/c1-2-14-11-8-3-5-20-12(8)16-9(15-11)7-17-10(18)4-6-21-13(17)19/h3,5H,2,4,6-7H2,1H3,(H,14,15,16). The first-order valence-corrected chi connectivity index (χ1v) is 8.50. The maximum absolute atomic E-state index is 11.9. The summed E-state index contributed by atoms with van der Waals surface area (Å²) in [6.45, 7) is 2.88. The van der Waals surface area contributed by atoms with Gasteiger partial charge in [0.1, 0.15) is 10.6 Å². The maximum atomic E-state index is 11.9. The fraction of sp³-hybridized carbons (Fsp3) is 0.385. The number of nitrogens with one attached hydrogen (secondary N) is 1. The van der Waals surface area contributed by atoms with E-state index in [0.29, 0.717) is 18.0 Å². The first-order valence-electron chi connectivity index (χ1n) is 6.64. The normalized spacial score (nSPS) is 15.8. The molecule has 0 unspecified atom stereocenters. The third-order valence-corrected chi connectivity index (χ3v) is 4.76. The van der Waals surface area contributed by atoms with Crippen LogP contribution in [0.25, 0.3) is 10.2 Å². The summed E-state index contributed by atoms with van der Waals surface area (Å²) >= 11 is 2.69. The van der Waals surface area contributed by atoms with Crippen molar-refractivity contribution in [2.24, 2.45) is 0 Å². The van der Waals surface area contributed by atoms with Crippen LogP contribution in [-0.4, -0.2) is 38.3 Å². The number of hydrogen-bond donors (Lipinski definition) is 1. The van der Waals surface area contributed by atoms with Gasteiger partial charge in [0.05, 0.1) is 11.9 Å². The Morgan fingerprint density at radius 3 is 3.00 bits per heavy atom. The van der Waals surface area contributed by atoms with Crippen LogP contribution < -0.4 is 5.32 Å².